The lowest BCUT2D eigenvalue weighted by atomic mass is 10.1. The van der Waals surface area contributed by atoms with Crippen molar-refractivity contribution in [2.45, 2.75) is 18.7 Å². The number of benzene rings is 2. The SMILES string of the molecule is CC(C)=Cc1cc(F)c(Oc2ccc(S)cc2)c(F)c1. The standard InChI is InChI=1S/C16H14F2OS/c1-10(2)7-11-8-14(17)16(15(18)9-11)19-12-3-5-13(20)6-4-12/h3-9,20H,1-2H3. The van der Waals surface area contributed by atoms with Crippen molar-refractivity contribution in [2.24, 2.45) is 0 Å². The van der Waals surface area contributed by atoms with Gasteiger partial charge in [-0.1, -0.05) is 11.6 Å². The van der Waals surface area contributed by atoms with Crippen LogP contribution in [-0.4, -0.2) is 0 Å². The molecule has 0 amide bonds. The lowest BCUT2D eigenvalue weighted by molar-refractivity contribution is 0.407. The lowest BCUT2D eigenvalue weighted by Crippen LogP contribution is -1.94. The van der Waals surface area contributed by atoms with Crippen LogP contribution in [-0.2, 0) is 0 Å². The summed E-state index contributed by atoms with van der Waals surface area (Å²) in [7, 11) is 0. The predicted octanol–water partition coefficient (Wildman–Crippen LogP) is 5.47. The second-order valence-electron chi connectivity index (χ2n) is 4.63. The van der Waals surface area contributed by atoms with E-state index in [2.05, 4.69) is 12.6 Å². The van der Waals surface area contributed by atoms with Crippen LogP contribution in [0, 0.1) is 11.6 Å². The number of hydrogen-bond acceptors (Lipinski definition) is 2. The Balaban J connectivity index is 2.33. The molecular formula is C16H14F2OS. The monoisotopic (exact) mass is 292 g/mol. The Labute approximate surface area is 122 Å². The molecule has 0 unspecified atom stereocenters. The summed E-state index contributed by atoms with van der Waals surface area (Å²) >= 11 is 4.13. The second-order valence-corrected chi connectivity index (χ2v) is 5.15. The maximum Gasteiger partial charge on any atom is 0.198 e. The largest absolute Gasteiger partial charge is 0.451 e. The molecule has 20 heavy (non-hydrogen) atoms. The van der Waals surface area contributed by atoms with E-state index in [1.807, 2.05) is 13.8 Å². The van der Waals surface area contributed by atoms with Crippen LogP contribution in [0.25, 0.3) is 6.08 Å². The highest BCUT2D eigenvalue weighted by atomic mass is 32.1. The summed E-state index contributed by atoms with van der Waals surface area (Å²) in [5.41, 5.74) is 1.43. The molecule has 0 saturated carbocycles. The third-order valence-electron chi connectivity index (χ3n) is 2.53. The van der Waals surface area contributed by atoms with Gasteiger partial charge >= 0.3 is 0 Å². The zero-order valence-corrected chi connectivity index (χ0v) is 12.0. The van der Waals surface area contributed by atoms with E-state index in [0.29, 0.717) is 11.3 Å². The Bertz CT molecular complexity index is 621. The molecule has 2 aromatic rings. The zero-order chi connectivity index (χ0) is 14.7. The molecule has 0 saturated heterocycles. The topological polar surface area (TPSA) is 9.23 Å². The van der Waals surface area contributed by atoms with E-state index in [9.17, 15) is 8.78 Å². The van der Waals surface area contributed by atoms with Crippen molar-refractivity contribution in [1.29, 1.82) is 0 Å². The first-order valence-electron chi connectivity index (χ1n) is 6.06. The molecule has 4 heteroatoms. The van der Waals surface area contributed by atoms with Crippen LogP contribution >= 0.6 is 12.6 Å². The third-order valence-corrected chi connectivity index (χ3v) is 2.83. The van der Waals surface area contributed by atoms with Gasteiger partial charge in [-0.25, -0.2) is 8.78 Å². The van der Waals surface area contributed by atoms with Crippen molar-refractivity contribution in [3.63, 3.8) is 0 Å². The molecule has 0 aliphatic carbocycles. The highest BCUT2D eigenvalue weighted by molar-refractivity contribution is 7.80. The number of rotatable bonds is 3. The van der Waals surface area contributed by atoms with Gasteiger partial charge in [0.15, 0.2) is 17.4 Å². The summed E-state index contributed by atoms with van der Waals surface area (Å²) in [5, 5.41) is 0. The van der Waals surface area contributed by atoms with Crippen molar-refractivity contribution >= 4 is 18.7 Å². The van der Waals surface area contributed by atoms with Gasteiger partial charge in [0, 0.05) is 4.90 Å². The molecule has 0 aromatic heterocycles. The lowest BCUT2D eigenvalue weighted by Gasteiger charge is -2.09. The number of ether oxygens (including phenoxy) is 1. The summed E-state index contributed by atoms with van der Waals surface area (Å²) < 4.78 is 33.1. The summed E-state index contributed by atoms with van der Waals surface area (Å²) in [6, 6.07) is 9.07. The van der Waals surface area contributed by atoms with Gasteiger partial charge in [-0.05, 0) is 55.8 Å². The van der Waals surface area contributed by atoms with Crippen molar-refractivity contribution in [3.05, 3.63) is 59.2 Å². The summed E-state index contributed by atoms with van der Waals surface area (Å²) in [4.78, 5) is 0.747. The minimum atomic E-state index is -0.729. The molecule has 0 spiro atoms. The van der Waals surface area contributed by atoms with Gasteiger partial charge in [-0.2, -0.15) is 0 Å². The maximum atomic E-state index is 13.9. The van der Waals surface area contributed by atoms with Crippen LogP contribution in [0.4, 0.5) is 8.78 Å². The van der Waals surface area contributed by atoms with Crippen LogP contribution in [0.15, 0.2) is 46.9 Å². The van der Waals surface area contributed by atoms with Crippen LogP contribution < -0.4 is 4.74 Å². The van der Waals surface area contributed by atoms with Gasteiger partial charge in [0.25, 0.3) is 0 Å². The van der Waals surface area contributed by atoms with E-state index in [1.54, 1.807) is 30.3 Å². The minimum Gasteiger partial charge on any atom is -0.451 e. The zero-order valence-electron chi connectivity index (χ0n) is 11.2. The quantitative estimate of drug-likeness (QED) is 0.738. The number of allylic oxidation sites excluding steroid dienone is 1. The first-order chi connectivity index (χ1) is 9.45. The molecule has 2 rings (SSSR count). The molecule has 0 aliphatic heterocycles. The van der Waals surface area contributed by atoms with Gasteiger partial charge < -0.3 is 4.74 Å². The number of halogens is 2. The van der Waals surface area contributed by atoms with E-state index >= 15 is 0 Å². The van der Waals surface area contributed by atoms with Crippen LogP contribution in [0.2, 0.25) is 0 Å². The van der Waals surface area contributed by atoms with Crippen molar-refractivity contribution < 1.29 is 13.5 Å². The Kier molecular flexibility index (Phi) is 4.45. The Hall–Kier alpha value is -1.81. The fourth-order valence-corrected chi connectivity index (χ4v) is 1.87. The first kappa shape index (κ1) is 14.6. The van der Waals surface area contributed by atoms with E-state index in [4.69, 9.17) is 4.74 Å². The molecule has 0 bridgehead atoms. The second kappa shape index (κ2) is 6.09. The minimum absolute atomic E-state index is 0.357. The molecule has 0 fully saturated rings. The summed E-state index contributed by atoms with van der Waals surface area (Å²) in [6.45, 7) is 3.72. The van der Waals surface area contributed by atoms with Crippen LogP contribution in [0.5, 0.6) is 11.5 Å². The number of hydrogen-bond donors (Lipinski definition) is 1. The average Bonchev–Trinajstić information content (AvgIpc) is 2.35. The van der Waals surface area contributed by atoms with E-state index in [0.717, 1.165) is 10.5 Å². The molecule has 0 atom stereocenters. The molecule has 1 nitrogen and oxygen atoms in total. The normalized spacial score (nSPS) is 10.2. The maximum absolute atomic E-state index is 13.9. The number of thiol groups is 1. The Morgan fingerprint density at radius 2 is 1.60 bits per heavy atom. The highest BCUT2D eigenvalue weighted by Crippen LogP contribution is 2.29. The van der Waals surface area contributed by atoms with Gasteiger partial charge in [0.1, 0.15) is 5.75 Å². The molecular weight excluding hydrogens is 278 g/mol. The van der Waals surface area contributed by atoms with Gasteiger partial charge in [-0.3, -0.25) is 0 Å². The molecule has 0 N–H and O–H groups in total. The van der Waals surface area contributed by atoms with Gasteiger partial charge in [-0.15, -0.1) is 12.6 Å². The fraction of sp³-hybridized carbons (Fsp3) is 0.125. The van der Waals surface area contributed by atoms with E-state index in [-0.39, 0.29) is 0 Å². The van der Waals surface area contributed by atoms with E-state index in [1.165, 1.54) is 12.1 Å². The van der Waals surface area contributed by atoms with Crippen LogP contribution in [0.1, 0.15) is 19.4 Å². The summed E-state index contributed by atoms with van der Waals surface area (Å²) in [5.74, 6) is -1.50. The van der Waals surface area contributed by atoms with Crippen molar-refractivity contribution in [3.8, 4) is 11.5 Å². The van der Waals surface area contributed by atoms with Crippen molar-refractivity contribution in [2.75, 3.05) is 0 Å². The molecule has 0 radical (unpaired) electrons. The first-order valence-corrected chi connectivity index (χ1v) is 6.51. The highest BCUT2D eigenvalue weighted by Gasteiger charge is 2.13. The molecule has 0 heterocycles. The average molecular weight is 292 g/mol. The molecule has 0 aliphatic rings. The molecule has 104 valence electrons. The molecule has 2 aromatic carbocycles. The summed E-state index contributed by atoms with van der Waals surface area (Å²) in [6.07, 6.45) is 1.70. The van der Waals surface area contributed by atoms with E-state index < -0.39 is 17.4 Å². The van der Waals surface area contributed by atoms with Crippen LogP contribution in [0.3, 0.4) is 0 Å². The Morgan fingerprint density at radius 1 is 1.05 bits per heavy atom. The van der Waals surface area contributed by atoms with Gasteiger partial charge in [0.05, 0.1) is 0 Å². The predicted molar refractivity (Wildman–Crippen MR) is 79.5 cm³/mol. The third kappa shape index (κ3) is 3.61. The fourth-order valence-electron chi connectivity index (χ4n) is 1.73. The Morgan fingerprint density at radius 3 is 2.10 bits per heavy atom. The van der Waals surface area contributed by atoms with Crippen molar-refractivity contribution in [1.82, 2.24) is 0 Å². The van der Waals surface area contributed by atoms with Gasteiger partial charge in [0.2, 0.25) is 0 Å². The smallest absolute Gasteiger partial charge is 0.198 e.